The fraction of sp³-hybridized carbons (Fsp3) is 0.462. The van der Waals surface area contributed by atoms with Gasteiger partial charge in [-0.2, -0.15) is 0 Å². The van der Waals surface area contributed by atoms with E-state index < -0.39 is 17.0 Å². The molecule has 0 radical (unpaired) electrons. The van der Waals surface area contributed by atoms with Gasteiger partial charge in [0, 0.05) is 18.4 Å². The van der Waals surface area contributed by atoms with Gasteiger partial charge < -0.3 is 5.73 Å². The van der Waals surface area contributed by atoms with Crippen LogP contribution >= 0.6 is 0 Å². The first-order chi connectivity index (χ1) is 7.92. The average Bonchev–Trinajstić information content (AvgIpc) is 2.32. The van der Waals surface area contributed by atoms with Crippen molar-refractivity contribution in [3.05, 3.63) is 35.4 Å². The molecule has 0 spiro atoms. The van der Waals surface area contributed by atoms with Gasteiger partial charge >= 0.3 is 0 Å². The SMILES string of the molecule is CCC(C)(CN)C(=O)Cc1cc(F)ccc1F. The minimum Gasteiger partial charge on any atom is -0.329 e. The standard InChI is InChI=1S/C13H17F2NO/c1-3-13(2,8-16)12(17)7-9-6-10(14)4-5-11(9)15/h4-6H,3,7-8,16H2,1-2H3. The van der Waals surface area contributed by atoms with E-state index in [1.807, 2.05) is 6.92 Å². The second kappa shape index (κ2) is 5.36. The zero-order valence-electron chi connectivity index (χ0n) is 10.1. The van der Waals surface area contributed by atoms with E-state index in [-0.39, 0.29) is 24.3 Å². The van der Waals surface area contributed by atoms with Crippen LogP contribution in [-0.4, -0.2) is 12.3 Å². The monoisotopic (exact) mass is 241 g/mol. The average molecular weight is 241 g/mol. The van der Waals surface area contributed by atoms with Gasteiger partial charge in [-0.25, -0.2) is 8.78 Å². The summed E-state index contributed by atoms with van der Waals surface area (Å²) in [7, 11) is 0. The third-order valence-electron chi connectivity index (χ3n) is 3.26. The molecule has 0 heterocycles. The lowest BCUT2D eigenvalue weighted by Gasteiger charge is -2.24. The largest absolute Gasteiger partial charge is 0.329 e. The molecule has 2 N–H and O–H groups in total. The maximum Gasteiger partial charge on any atom is 0.144 e. The van der Waals surface area contributed by atoms with Crippen LogP contribution in [0.5, 0.6) is 0 Å². The number of ketones is 1. The third-order valence-corrected chi connectivity index (χ3v) is 3.26. The van der Waals surface area contributed by atoms with Gasteiger partial charge in [-0.15, -0.1) is 0 Å². The Labute approximate surface area is 99.8 Å². The van der Waals surface area contributed by atoms with Crippen molar-refractivity contribution in [1.82, 2.24) is 0 Å². The van der Waals surface area contributed by atoms with E-state index in [0.717, 1.165) is 18.2 Å². The molecule has 0 aromatic heterocycles. The summed E-state index contributed by atoms with van der Waals surface area (Å²) in [4.78, 5) is 12.0. The predicted molar refractivity (Wildman–Crippen MR) is 62.5 cm³/mol. The Hall–Kier alpha value is -1.29. The molecule has 1 aromatic carbocycles. The fourth-order valence-electron chi connectivity index (χ4n) is 1.52. The maximum atomic E-state index is 13.4. The predicted octanol–water partition coefficient (Wildman–Crippen LogP) is 2.45. The summed E-state index contributed by atoms with van der Waals surface area (Å²) in [6.07, 6.45) is 0.463. The second-order valence-corrected chi connectivity index (χ2v) is 4.45. The Morgan fingerprint density at radius 2 is 2.06 bits per heavy atom. The van der Waals surface area contributed by atoms with Gasteiger partial charge in [0.1, 0.15) is 17.4 Å². The number of halogens is 2. The first-order valence-corrected chi connectivity index (χ1v) is 5.60. The highest BCUT2D eigenvalue weighted by Gasteiger charge is 2.29. The number of nitrogens with two attached hydrogens (primary N) is 1. The molecule has 0 bridgehead atoms. The normalized spacial score (nSPS) is 14.4. The van der Waals surface area contributed by atoms with Gasteiger partial charge in [-0.05, 0) is 30.2 Å². The van der Waals surface area contributed by atoms with Crippen molar-refractivity contribution >= 4 is 5.78 Å². The first-order valence-electron chi connectivity index (χ1n) is 5.60. The van der Waals surface area contributed by atoms with Crippen molar-refractivity contribution in [3.8, 4) is 0 Å². The van der Waals surface area contributed by atoms with Crippen molar-refractivity contribution < 1.29 is 13.6 Å². The van der Waals surface area contributed by atoms with Crippen LogP contribution in [0.2, 0.25) is 0 Å². The number of carbonyl (C=O) groups is 1. The molecule has 0 aliphatic rings. The summed E-state index contributed by atoms with van der Waals surface area (Å²) in [5, 5.41) is 0. The fourth-order valence-corrected chi connectivity index (χ4v) is 1.52. The van der Waals surface area contributed by atoms with Crippen LogP contribution in [0.25, 0.3) is 0 Å². The summed E-state index contributed by atoms with van der Waals surface area (Å²) < 4.78 is 26.3. The van der Waals surface area contributed by atoms with Gasteiger partial charge in [-0.3, -0.25) is 4.79 Å². The third kappa shape index (κ3) is 3.09. The summed E-state index contributed by atoms with van der Waals surface area (Å²) in [5.74, 6) is -1.26. The summed E-state index contributed by atoms with van der Waals surface area (Å²) in [5.41, 5.74) is 4.97. The summed E-state index contributed by atoms with van der Waals surface area (Å²) in [6, 6.07) is 3.12. The minimum atomic E-state index is -0.668. The summed E-state index contributed by atoms with van der Waals surface area (Å²) >= 11 is 0. The minimum absolute atomic E-state index is 0.0862. The molecule has 4 heteroatoms. The molecule has 2 nitrogen and oxygen atoms in total. The first kappa shape index (κ1) is 13.8. The molecule has 17 heavy (non-hydrogen) atoms. The van der Waals surface area contributed by atoms with E-state index in [9.17, 15) is 13.6 Å². The molecule has 1 atom stereocenters. The zero-order chi connectivity index (χ0) is 13.1. The number of hydrogen-bond acceptors (Lipinski definition) is 2. The molecule has 1 rings (SSSR count). The molecule has 0 amide bonds. The van der Waals surface area contributed by atoms with Crippen LogP contribution in [-0.2, 0) is 11.2 Å². The van der Waals surface area contributed by atoms with E-state index in [0.29, 0.717) is 6.42 Å². The lowest BCUT2D eigenvalue weighted by Crippen LogP contribution is -2.36. The molecule has 1 unspecified atom stereocenters. The van der Waals surface area contributed by atoms with Crippen LogP contribution in [0.3, 0.4) is 0 Å². The Bertz CT molecular complexity index is 414. The molecule has 0 saturated carbocycles. The van der Waals surface area contributed by atoms with Gasteiger partial charge in [0.05, 0.1) is 0 Å². The van der Waals surface area contributed by atoms with Gasteiger partial charge in [0.15, 0.2) is 0 Å². The molecule has 94 valence electrons. The smallest absolute Gasteiger partial charge is 0.144 e. The Balaban J connectivity index is 2.91. The lowest BCUT2D eigenvalue weighted by atomic mass is 9.80. The molecule has 1 aromatic rings. The van der Waals surface area contributed by atoms with E-state index in [1.165, 1.54) is 0 Å². The highest BCUT2D eigenvalue weighted by molar-refractivity contribution is 5.86. The van der Waals surface area contributed by atoms with E-state index in [1.54, 1.807) is 6.92 Å². The van der Waals surface area contributed by atoms with Crippen LogP contribution in [0.1, 0.15) is 25.8 Å². The van der Waals surface area contributed by atoms with Crippen molar-refractivity contribution in [2.75, 3.05) is 6.54 Å². The van der Waals surface area contributed by atoms with E-state index in [4.69, 9.17) is 5.73 Å². The van der Waals surface area contributed by atoms with Crippen molar-refractivity contribution in [1.29, 1.82) is 0 Å². The number of Topliss-reactive ketones (excluding diaryl/α,β-unsaturated/α-hetero) is 1. The Kier molecular flexibility index (Phi) is 4.34. The van der Waals surface area contributed by atoms with Crippen LogP contribution in [0.15, 0.2) is 18.2 Å². The van der Waals surface area contributed by atoms with Crippen molar-refractivity contribution in [2.45, 2.75) is 26.7 Å². The quantitative estimate of drug-likeness (QED) is 0.860. The molecule has 0 aliphatic carbocycles. The number of hydrogen-bond donors (Lipinski definition) is 1. The molecular formula is C13H17F2NO. The Morgan fingerprint density at radius 1 is 1.41 bits per heavy atom. The number of rotatable bonds is 5. The van der Waals surface area contributed by atoms with Gasteiger partial charge in [0.2, 0.25) is 0 Å². The van der Waals surface area contributed by atoms with Crippen LogP contribution in [0, 0.1) is 17.0 Å². The van der Waals surface area contributed by atoms with Gasteiger partial charge in [-0.1, -0.05) is 13.8 Å². The highest BCUT2D eigenvalue weighted by Crippen LogP contribution is 2.23. The number of carbonyl (C=O) groups excluding carboxylic acids is 1. The highest BCUT2D eigenvalue weighted by atomic mass is 19.1. The maximum absolute atomic E-state index is 13.4. The molecular weight excluding hydrogens is 224 g/mol. The van der Waals surface area contributed by atoms with Crippen LogP contribution in [0.4, 0.5) is 8.78 Å². The van der Waals surface area contributed by atoms with E-state index >= 15 is 0 Å². The summed E-state index contributed by atoms with van der Waals surface area (Å²) in [6.45, 7) is 3.80. The van der Waals surface area contributed by atoms with E-state index in [2.05, 4.69) is 0 Å². The molecule has 0 aliphatic heterocycles. The Morgan fingerprint density at radius 3 is 2.59 bits per heavy atom. The number of benzene rings is 1. The molecule has 0 fully saturated rings. The zero-order valence-corrected chi connectivity index (χ0v) is 10.1. The topological polar surface area (TPSA) is 43.1 Å². The lowest BCUT2D eigenvalue weighted by molar-refractivity contribution is -0.127. The van der Waals surface area contributed by atoms with Gasteiger partial charge in [0.25, 0.3) is 0 Å². The molecule has 0 saturated heterocycles. The van der Waals surface area contributed by atoms with Crippen molar-refractivity contribution in [2.24, 2.45) is 11.1 Å². The second-order valence-electron chi connectivity index (χ2n) is 4.45. The van der Waals surface area contributed by atoms with Crippen molar-refractivity contribution in [3.63, 3.8) is 0 Å². The van der Waals surface area contributed by atoms with Crippen LogP contribution < -0.4 is 5.73 Å².